The lowest BCUT2D eigenvalue weighted by Gasteiger charge is -2.32. The second-order valence-corrected chi connectivity index (χ2v) is 7.64. The molecular formula is C19H29N3O3. The average molecular weight is 347 g/mol. The number of nitrogens with zero attached hydrogens (tertiary/aromatic N) is 2. The number of rotatable bonds is 4. The third-order valence-corrected chi connectivity index (χ3v) is 4.51. The van der Waals surface area contributed by atoms with Gasteiger partial charge in [0.1, 0.15) is 6.04 Å². The maximum Gasteiger partial charge on any atom is 0.328 e. The zero-order valence-electron chi connectivity index (χ0n) is 15.8. The average Bonchev–Trinajstić information content (AvgIpc) is 2.58. The Morgan fingerprint density at radius 2 is 1.80 bits per heavy atom. The Kier molecular flexibility index (Phi) is 6.06. The van der Waals surface area contributed by atoms with E-state index in [1.165, 1.54) is 7.11 Å². The van der Waals surface area contributed by atoms with Gasteiger partial charge in [0.15, 0.2) is 0 Å². The first-order valence-electron chi connectivity index (χ1n) is 8.64. The SMILES string of the molecule is COC(=O)[C@@H](Nc1cccc(C(=O)N2CCN(C)CC2)c1)C(C)(C)C. The summed E-state index contributed by atoms with van der Waals surface area (Å²) in [6, 6.07) is 6.83. The molecule has 138 valence electrons. The van der Waals surface area contributed by atoms with Crippen molar-refractivity contribution in [2.75, 3.05) is 45.7 Å². The second kappa shape index (κ2) is 7.87. The second-order valence-electron chi connectivity index (χ2n) is 7.64. The number of nitrogens with one attached hydrogen (secondary N) is 1. The fraction of sp³-hybridized carbons (Fsp3) is 0.579. The molecule has 2 rings (SSSR count). The number of hydrogen-bond acceptors (Lipinski definition) is 5. The molecule has 1 aromatic carbocycles. The molecule has 1 N–H and O–H groups in total. The highest BCUT2D eigenvalue weighted by Crippen LogP contribution is 2.25. The molecule has 0 saturated carbocycles. The number of esters is 1. The summed E-state index contributed by atoms with van der Waals surface area (Å²) in [5, 5.41) is 3.22. The van der Waals surface area contributed by atoms with Crippen LogP contribution in [0.25, 0.3) is 0 Å². The van der Waals surface area contributed by atoms with E-state index in [2.05, 4.69) is 17.3 Å². The lowest BCUT2D eigenvalue weighted by Crippen LogP contribution is -2.47. The number of likely N-dealkylation sites (N-methyl/N-ethyl adjacent to an activating group) is 1. The molecule has 0 bridgehead atoms. The minimum absolute atomic E-state index is 0.0297. The predicted octanol–water partition coefficient (Wildman–Crippen LogP) is 2.07. The molecule has 1 aliphatic heterocycles. The van der Waals surface area contributed by atoms with Crippen LogP contribution < -0.4 is 5.32 Å². The highest BCUT2D eigenvalue weighted by atomic mass is 16.5. The molecule has 0 aliphatic carbocycles. The van der Waals surface area contributed by atoms with Crippen LogP contribution in [0.5, 0.6) is 0 Å². The molecule has 6 nitrogen and oxygen atoms in total. The number of piperazine rings is 1. The molecule has 1 heterocycles. The standard InChI is InChI=1S/C19H29N3O3/c1-19(2,3)16(18(24)25-5)20-15-8-6-7-14(13-15)17(23)22-11-9-21(4)10-12-22/h6-8,13,16,20H,9-12H2,1-5H3/t16-/m1/s1. The van der Waals surface area contributed by atoms with Crippen LogP contribution >= 0.6 is 0 Å². The molecule has 1 fully saturated rings. The number of ether oxygens (including phenoxy) is 1. The molecule has 1 aromatic rings. The van der Waals surface area contributed by atoms with Crippen LogP contribution in [0.2, 0.25) is 0 Å². The molecule has 1 amide bonds. The smallest absolute Gasteiger partial charge is 0.328 e. The number of amides is 1. The van der Waals surface area contributed by atoms with Crippen LogP contribution in [0, 0.1) is 5.41 Å². The number of carbonyl (C=O) groups is 2. The van der Waals surface area contributed by atoms with E-state index in [9.17, 15) is 9.59 Å². The molecule has 1 atom stereocenters. The van der Waals surface area contributed by atoms with Crippen LogP contribution in [0.1, 0.15) is 31.1 Å². The van der Waals surface area contributed by atoms with E-state index in [1.54, 1.807) is 0 Å². The fourth-order valence-electron chi connectivity index (χ4n) is 2.85. The summed E-state index contributed by atoms with van der Waals surface area (Å²) in [5.74, 6) is -0.287. The Balaban J connectivity index is 2.15. The number of carbonyl (C=O) groups excluding carboxylic acids is 2. The number of benzene rings is 1. The first kappa shape index (κ1) is 19.2. The van der Waals surface area contributed by atoms with Crippen LogP contribution in [0.3, 0.4) is 0 Å². The molecule has 25 heavy (non-hydrogen) atoms. The van der Waals surface area contributed by atoms with E-state index in [0.29, 0.717) is 5.56 Å². The van der Waals surface area contributed by atoms with Crippen molar-refractivity contribution in [3.05, 3.63) is 29.8 Å². The summed E-state index contributed by atoms with van der Waals surface area (Å²) in [7, 11) is 3.45. The molecule has 0 radical (unpaired) electrons. The topological polar surface area (TPSA) is 61.9 Å². The first-order valence-corrected chi connectivity index (χ1v) is 8.64. The third-order valence-electron chi connectivity index (χ3n) is 4.51. The van der Waals surface area contributed by atoms with Gasteiger partial charge in [-0.3, -0.25) is 4.79 Å². The largest absolute Gasteiger partial charge is 0.467 e. The van der Waals surface area contributed by atoms with E-state index in [1.807, 2.05) is 49.9 Å². The van der Waals surface area contributed by atoms with Gasteiger partial charge in [0.25, 0.3) is 5.91 Å². The summed E-state index contributed by atoms with van der Waals surface area (Å²) < 4.78 is 4.91. The number of methoxy groups -OCH3 is 1. The summed E-state index contributed by atoms with van der Waals surface area (Å²) >= 11 is 0. The molecule has 1 aliphatic rings. The molecular weight excluding hydrogens is 318 g/mol. The van der Waals surface area contributed by atoms with Gasteiger partial charge in [0, 0.05) is 37.4 Å². The van der Waals surface area contributed by atoms with Gasteiger partial charge < -0.3 is 19.9 Å². The minimum atomic E-state index is -0.494. The van der Waals surface area contributed by atoms with Gasteiger partial charge in [0.05, 0.1) is 7.11 Å². The van der Waals surface area contributed by atoms with Crippen molar-refractivity contribution in [3.63, 3.8) is 0 Å². The molecule has 0 aromatic heterocycles. The molecule has 0 unspecified atom stereocenters. The van der Waals surface area contributed by atoms with Crippen LogP contribution in [0.15, 0.2) is 24.3 Å². The summed E-state index contributed by atoms with van der Waals surface area (Å²) in [5.41, 5.74) is 1.06. The van der Waals surface area contributed by atoms with Gasteiger partial charge in [-0.25, -0.2) is 4.79 Å². The molecule has 6 heteroatoms. The van der Waals surface area contributed by atoms with E-state index in [0.717, 1.165) is 31.9 Å². The van der Waals surface area contributed by atoms with Crippen molar-refractivity contribution >= 4 is 17.6 Å². The first-order chi connectivity index (χ1) is 11.7. The zero-order chi connectivity index (χ0) is 18.6. The maximum atomic E-state index is 12.7. The van der Waals surface area contributed by atoms with Gasteiger partial charge >= 0.3 is 5.97 Å². The summed E-state index contributed by atoms with van der Waals surface area (Å²) in [6.07, 6.45) is 0. The Bertz CT molecular complexity index is 617. The van der Waals surface area contributed by atoms with Gasteiger partial charge in [0.2, 0.25) is 0 Å². The van der Waals surface area contributed by atoms with Crippen LogP contribution in [-0.4, -0.2) is 68.1 Å². The van der Waals surface area contributed by atoms with Gasteiger partial charge in [-0.05, 0) is 30.7 Å². The van der Waals surface area contributed by atoms with Crippen molar-refractivity contribution in [1.82, 2.24) is 9.80 Å². The Hall–Kier alpha value is -2.08. The Morgan fingerprint density at radius 1 is 1.16 bits per heavy atom. The predicted molar refractivity (Wildman–Crippen MR) is 98.7 cm³/mol. The van der Waals surface area contributed by atoms with Crippen molar-refractivity contribution in [2.24, 2.45) is 5.41 Å². The maximum absolute atomic E-state index is 12.7. The Labute approximate surface area is 150 Å². The fourth-order valence-corrected chi connectivity index (χ4v) is 2.85. The highest BCUT2D eigenvalue weighted by Gasteiger charge is 2.32. The van der Waals surface area contributed by atoms with Crippen molar-refractivity contribution < 1.29 is 14.3 Å². The Morgan fingerprint density at radius 3 is 2.36 bits per heavy atom. The number of hydrogen-bond donors (Lipinski definition) is 1. The van der Waals surface area contributed by atoms with E-state index < -0.39 is 6.04 Å². The van der Waals surface area contributed by atoms with Crippen LogP contribution in [0.4, 0.5) is 5.69 Å². The molecule has 0 spiro atoms. The van der Waals surface area contributed by atoms with E-state index >= 15 is 0 Å². The van der Waals surface area contributed by atoms with Crippen molar-refractivity contribution in [2.45, 2.75) is 26.8 Å². The van der Waals surface area contributed by atoms with Gasteiger partial charge in [-0.1, -0.05) is 26.8 Å². The quantitative estimate of drug-likeness (QED) is 0.845. The summed E-state index contributed by atoms with van der Waals surface area (Å²) in [6.45, 7) is 9.16. The molecule has 1 saturated heterocycles. The summed E-state index contributed by atoms with van der Waals surface area (Å²) in [4.78, 5) is 28.9. The highest BCUT2D eigenvalue weighted by molar-refractivity contribution is 5.95. The van der Waals surface area contributed by atoms with E-state index in [4.69, 9.17) is 4.74 Å². The van der Waals surface area contributed by atoms with E-state index in [-0.39, 0.29) is 17.3 Å². The van der Waals surface area contributed by atoms with Crippen molar-refractivity contribution in [1.29, 1.82) is 0 Å². The van der Waals surface area contributed by atoms with Crippen molar-refractivity contribution in [3.8, 4) is 0 Å². The monoisotopic (exact) mass is 347 g/mol. The van der Waals surface area contributed by atoms with Crippen LogP contribution in [-0.2, 0) is 9.53 Å². The lowest BCUT2D eigenvalue weighted by molar-refractivity contribution is -0.143. The number of anilines is 1. The lowest BCUT2D eigenvalue weighted by atomic mass is 9.86. The zero-order valence-corrected chi connectivity index (χ0v) is 15.8. The minimum Gasteiger partial charge on any atom is -0.467 e. The van der Waals surface area contributed by atoms with Gasteiger partial charge in [-0.15, -0.1) is 0 Å². The van der Waals surface area contributed by atoms with Gasteiger partial charge in [-0.2, -0.15) is 0 Å². The normalized spacial score (nSPS) is 17.1. The third kappa shape index (κ3) is 4.95.